The van der Waals surface area contributed by atoms with Crippen LogP contribution in [0.25, 0.3) is 0 Å². The summed E-state index contributed by atoms with van der Waals surface area (Å²) in [6.07, 6.45) is -0.785. The summed E-state index contributed by atoms with van der Waals surface area (Å²) < 4.78 is 5.35. The zero-order valence-corrected chi connectivity index (χ0v) is 30.8. The quantitative estimate of drug-likeness (QED) is 0.0700. The van der Waals surface area contributed by atoms with Crippen molar-refractivity contribution in [2.45, 2.75) is 50.3 Å². The predicted octanol–water partition coefficient (Wildman–Crippen LogP) is 6.61. The molecular formula is C37H34ClN5O7S2. The van der Waals surface area contributed by atoms with Crippen LogP contribution in [-0.2, 0) is 29.6 Å². The van der Waals surface area contributed by atoms with Gasteiger partial charge in [-0.2, -0.15) is 0 Å². The number of benzene rings is 3. The highest BCUT2D eigenvalue weighted by atomic mass is 35.5. The normalized spacial score (nSPS) is 17.5. The molecule has 1 saturated heterocycles. The maximum absolute atomic E-state index is 14.3. The summed E-state index contributed by atoms with van der Waals surface area (Å²) in [6.45, 7) is 6.78. The van der Waals surface area contributed by atoms with E-state index in [1.54, 1.807) is 27.7 Å². The topological polar surface area (TPSA) is 160 Å². The van der Waals surface area contributed by atoms with E-state index in [9.17, 15) is 24.3 Å². The van der Waals surface area contributed by atoms with Crippen LogP contribution in [0.1, 0.15) is 50.1 Å². The molecule has 0 unspecified atom stereocenters. The van der Waals surface area contributed by atoms with Crippen molar-refractivity contribution in [3.05, 3.63) is 129 Å². The number of halogens is 1. The average Bonchev–Trinajstić information content (AvgIpc) is 3.47. The van der Waals surface area contributed by atoms with Gasteiger partial charge in [0.1, 0.15) is 32.7 Å². The number of thioether (sulfide) groups is 1. The first kappa shape index (κ1) is 36.6. The lowest BCUT2D eigenvalue weighted by Crippen LogP contribution is -2.71. The molecule has 0 radical (unpaired) electrons. The first-order valence-corrected chi connectivity index (χ1v) is 18.3. The van der Waals surface area contributed by atoms with Crippen molar-refractivity contribution < 1.29 is 33.9 Å². The van der Waals surface area contributed by atoms with Crippen molar-refractivity contribution in [1.82, 2.24) is 15.2 Å². The van der Waals surface area contributed by atoms with Crippen LogP contribution in [0.2, 0.25) is 4.34 Å². The molecule has 12 nitrogen and oxygen atoms in total. The summed E-state index contributed by atoms with van der Waals surface area (Å²) in [5.41, 5.74) is -0.174. The van der Waals surface area contributed by atoms with Gasteiger partial charge in [0.25, 0.3) is 11.8 Å². The molecule has 15 heteroatoms. The Balaban J connectivity index is 1.44. The van der Waals surface area contributed by atoms with Crippen LogP contribution in [0.5, 0.6) is 0 Å². The Labute approximate surface area is 312 Å². The Morgan fingerprint density at radius 1 is 0.942 bits per heavy atom. The first-order valence-electron chi connectivity index (χ1n) is 16.1. The largest absolute Gasteiger partial charge is 0.477 e. The van der Waals surface area contributed by atoms with Crippen molar-refractivity contribution in [1.29, 1.82) is 0 Å². The third-order valence-electron chi connectivity index (χ3n) is 8.10. The molecule has 2 aliphatic rings. The van der Waals surface area contributed by atoms with Crippen LogP contribution in [0.4, 0.5) is 9.93 Å². The van der Waals surface area contributed by atoms with Gasteiger partial charge in [-0.1, -0.05) is 119 Å². The van der Waals surface area contributed by atoms with Crippen LogP contribution >= 0.6 is 34.7 Å². The monoisotopic (exact) mass is 759 g/mol. The summed E-state index contributed by atoms with van der Waals surface area (Å²) in [5, 5.41) is 18.9. The van der Waals surface area contributed by atoms with Crippen LogP contribution in [0.3, 0.4) is 0 Å². The van der Waals surface area contributed by atoms with Gasteiger partial charge >= 0.3 is 12.1 Å². The van der Waals surface area contributed by atoms with Gasteiger partial charge < -0.3 is 20.0 Å². The predicted molar refractivity (Wildman–Crippen MR) is 199 cm³/mol. The van der Waals surface area contributed by atoms with Gasteiger partial charge in [-0.25, -0.2) is 14.6 Å². The molecule has 2 aliphatic heterocycles. The fraction of sp³-hybridized carbons (Fsp3) is 0.243. The van der Waals surface area contributed by atoms with Crippen molar-refractivity contribution >= 4 is 69.4 Å². The number of rotatable bonds is 10. The van der Waals surface area contributed by atoms with Gasteiger partial charge in [-0.3, -0.25) is 19.8 Å². The SMILES string of the molecule is CC1=C(C(=O)O)N2C(=O)[C@@H](NC(=O)C(=NOC(c3ccccc3)(c3ccccc3)c3ccccc3)c3nc(NC(=O)OC(C)(C)C)sc3Cl)[C@H]2SC1. The van der Waals surface area contributed by atoms with E-state index < -0.39 is 46.5 Å². The van der Waals surface area contributed by atoms with Crippen molar-refractivity contribution in [3.8, 4) is 0 Å². The molecule has 3 amide bonds. The average molecular weight is 760 g/mol. The van der Waals surface area contributed by atoms with Crippen molar-refractivity contribution in [2.75, 3.05) is 11.1 Å². The van der Waals surface area contributed by atoms with Gasteiger partial charge in [0.05, 0.1) is 0 Å². The highest BCUT2D eigenvalue weighted by Crippen LogP contribution is 2.42. The summed E-state index contributed by atoms with van der Waals surface area (Å²) in [4.78, 5) is 64.5. The molecule has 6 rings (SSSR count). The molecule has 268 valence electrons. The number of aliphatic carboxylic acids is 1. The van der Waals surface area contributed by atoms with Crippen LogP contribution < -0.4 is 10.6 Å². The molecule has 52 heavy (non-hydrogen) atoms. The molecule has 0 aliphatic carbocycles. The van der Waals surface area contributed by atoms with E-state index in [1.807, 2.05) is 91.0 Å². The summed E-state index contributed by atoms with van der Waals surface area (Å²) in [5.74, 6) is -2.32. The molecule has 4 aromatic rings. The Hall–Kier alpha value is -5.18. The maximum Gasteiger partial charge on any atom is 0.413 e. The van der Waals surface area contributed by atoms with Crippen LogP contribution in [0.15, 0.2) is 107 Å². The van der Waals surface area contributed by atoms with E-state index >= 15 is 0 Å². The number of β-lactam (4-membered cyclic amide) rings is 1. The summed E-state index contributed by atoms with van der Waals surface area (Å²) in [6, 6.07) is 27.0. The first-order chi connectivity index (χ1) is 24.8. The maximum atomic E-state index is 14.3. The number of nitrogens with zero attached hydrogens (tertiary/aromatic N) is 3. The number of nitrogens with one attached hydrogen (secondary N) is 2. The van der Waals surface area contributed by atoms with E-state index in [1.165, 1.54) is 16.7 Å². The van der Waals surface area contributed by atoms with Gasteiger partial charge in [-0.15, -0.1) is 11.8 Å². The number of fused-ring (bicyclic) bond motifs is 1. The van der Waals surface area contributed by atoms with E-state index in [4.69, 9.17) is 21.2 Å². The number of carboxylic acids is 1. The molecule has 0 spiro atoms. The van der Waals surface area contributed by atoms with Crippen LogP contribution in [-0.4, -0.2) is 67.3 Å². The highest BCUT2D eigenvalue weighted by Gasteiger charge is 2.54. The number of anilines is 1. The number of amides is 3. The third-order valence-corrected chi connectivity index (χ3v) is 10.7. The molecule has 3 heterocycles. The number of carbonyl (C=O) groups is 4. The van der Waals surface area contributed by atoms with Gasteiger partial charge in [-0.05, 0) is 33.3 Å². The second-order valence-electron chi connectivity index (χ2n) is 12.9. The molecule has 0 bridgehead atoms. The van der Waals surface area contributed by atoms with Crippen LogP contribution in [0, 0.1) is 0 Å². The van der Waals surface area contributed by atoms with E-state index in [-0.39, 0.29) is 26.6 Å². The lowest BCUT2D eigenvalue weighted by Gasteiger charge is -2.49. The van der Waals surface area contributed by atoms with Gasteiger partial charge in [0.15, 0.2) is 10.8 Å². The van der Waals surface area contributed by atoms with Gasteiger partial charge in [0.2, 0.25) is 5.60 Å². The fourth-order valence-corrected chi connectivity index (χ4v) is 8.18. The smallest absolute Gasteiger partial charge is 0.413 e. The molecule has 1 aromatic heterocycles. The minimum absolute atomic E-state index is 0.00591. The Morgan fingerprint density at radius 3 is 1.98 bits per heavy atom. The minimum atomic E-state index is -1.39. The minimum Gasteiger partial charge on any atom is -0.477 e. The Kier molecular flexibility index (Phi) is 10.4. The number of thiazole rings is 1. The number of carboxylic acid groups (broad SMARTS) is 1. The molecule has 1 fully saturated rings. The summed E-state index contributed by atoms with van der Waals surface area (Å²) in [7, 11) is 0. The second-order valence-corrected chi connectivity index (χ2v) is 15.6. The number of hydrogen-bond acceptors (Lipinski definition) is 10. The number of oxime groups is 1. The summed E-state index contributed by atoms with van der Waals surface area (Å²) >= 11 is 8.89. The molecule has 2 atom stereocenters. The number of aromatic nitrogens is 1. The van der Waals surface area contributed by atoms with Crippen molar-refractivity contribution in [2.24, 2.45) is 5.16 Å². The van der Waals surface area contributed by atoms with E-state index in [0.29, 0.717) is 28.0 Å². The lowest BCUT2D eigenvalue weighted by molar-refractivity contribution is -0.150. The fourth-order valence-electron chi connectivity index (χ4n) is 5.86. The highest BCUT2D eigenvalue weighted by molar-refractivity contribution is 8.00. The molecule has 3 N–H and O–H groups in total. The van der Waals surface area contributed by atoms with Crippen molar-refractivity contribution in [3.63, 3.8) is 0 Å². The third kappa shape index (κ3) is 7.27. The number of carbonyl (C=O) groups excluding carboxylic acids is 3. The Bertz CT molecular complexity index is 1970. The van der Waals surface area contributed by atoms with E-state index in [0.717, 1.165) is 11.3 Å². The molecular weight excluding hydrogens is 726 g/mol. The number of hydrogen-bond donors (Lipinski definition) is 3. The van der Waals surface area contributed by atoms with E-state index in [2.05, 4.69) is 20.8 Å². The molecule has 0 saturated carbocycles. The van der Waals surface area contributed by atoms with Gasteiger partial charge in [0, 0.05) is 22.4 Å². The Morgan fingerprint density at radius 2 is 1.48 bits per heavy atom. The zero-order chi connectivity index (χ0) is 37.2. The zero-order valence-electron chi connectivity index (χ0n) is 28.5. The standard InChI is InChI=1S/C37H34ClN5O7S2/c1-21-20-51-32-27(31(45)43(32)28(21)33(46)47)39-30(44)26(25-29(38)52-34(40-25)41-35(48)49-36(2,3)4)42-50-37(22-14-8-5-9-15-22,23-16-10-6-11-17-23)24-18-12-7-13-19-24/h5-19,27,32H,20H2,1-4H3,(H,39,44)(H,46,47)(H,40,41,48)/t27-,32-/m1/s1. The lowest BCUT2D eigenvalue weighted by atomic mass is 9.80. The second kappa shape index (κ2) is 14.8. The number of ether oxygens (including phenoxy) is 1. The molecule has 3 aromatic carbocycles.